The van der Waals surface area contributed by atoms with Crippen molar-refractivity contribution in [3.63, 3.8) is 0 Å². The average Bonchev–Trinajstić information content (AvgIpc) is 3.07. The van der Waals surface area contributed by atoms with E-state index in [1.54, 1.807) is 7.05 Å². The fourth-order valence-corrected chi connectivity index (χ4v) is 3.73. The van der Waals surface area contributed by atoms with Crippen LogP contribution in [0.4, 0.5) is 14.5 Å². The quantitative estimate of drug-likeness (QED) is 0.323. The summed E-state index contributed by atoms with van der Waals surface area (Å²) < 4.78 is 29.6. The van der Waals surface area contributed by atoms with Gasteiger partial charge in [0.1, 0.15) is 17.5 Å². The van der Waals surface area contributed by atoms with Gasteiger partial charge in [-0.25, -0.2) is 13.8 Å². The molecule has 0 atom stereocenters. The minimum absolute atomic E-state index is 0. The number of anilines is 1. The molecule has 0 aliphatic carbocycles. The summed E-state index contributed by atoms with van der Waals surface area (Å²) in [4.78, 5) is 13.0. The van der Waals surface area contributed by atoms with E-state index in [0.717, 1.165) is 28.9 Å². The lowest BCUT2D eigenvalue weighted by Gasteiger charge is -2.37. The van der Waals surface area contributed by atoms with Crippen LogP contribution in [0.25, 0.3) is 11.0 Å². The second-order valence-corrected chi connectivity index (χ2v) is 7.05. The summed E-state index contributed by atoms with van der Waals surface area (Å²) in [7, 11) is 3.75. The number of guanidine groups is 1. The van der Waals surface area contributed by atoms with E-state index < -0.39 is 11.6 Å². The summed E-state index contributed by atoms with van der Waals surface area (Å²) in [5, 5.41) is 3.37. The Balaban J connectivity index is 0.00000256. The summed E-state index contributed by atoms with van der Waals surface area (Å²) in [6.45, 7) is 3.06. The predicted molar refractivity (Wildman–Crippen MR) is 126 cm³/mol. The number of halogens is 3. The Kier molecular flexibility index (Phi) is 7.11. The van der Waals surface area contributed by atoms with E-state index in [9.17, 15) is 8.78 Å². The van der Waals surface area contributed by atoms with E-state index >= 15 is 0 Å². The zero-order valence-electron chi connectivity index (χ0n) is 17.0. The van der Waals surface area contributed by atoms with Gasteiger partial charge in [-0.15, -0.1) is 24.0 Å². The minimum atomic E-state index is -0.427. The van der Waals surface area contributed by atoms with Crippen molar-refractivity contribution in [1.29, 1.82) is 0 Å². The molecule has 1 aromatic heterocycles. The Morgan fingerprint density at radius 1 is 1.10 bits per heavy atom. The third-order valence-corrected chi connectivity index (χ3v) is 5.32. The maximum Gasteiger partial charge on any atom is 0.194 e. The highest BCUT2D eigenvalue weighted by Gasteiger charge is 2.22. The monoisotopic (exact) mass is 526 g/mol. The summed E-state index contributed by atoms with van der Waals surface area (Å²) in [5.41, 5.74) is 2.37. The molecule has 30 heavy (non-hydrogen) atoms. The fourth-order valence-electron chi connectivity index (χ4n) is 3.73. The number of piperazine rings is 1. The third-order valence-electron chi connectivity index (χ3n) is 5.32. The number of hydrogen-bond donors (Lipinski definition) is 1. The van der Waals surface area contributed by atoms with Crippen LogP contribution in [0.3, 0.4) is 0 Å². The molecule has 2 aromatic carbocycles. The van der Waals surface area contributed by atoms with E-state index in [1.165, 1.54) is 12.1 Å². The zero-order chi connectivity index (χ0) is 20.4. The summed E-state index contributed by atoms with van der Waals surface area (Å²) >= 11 is 0. The van der Waals surface area contributed by atoms with Crippen molar-refractivity contribution in [3.05, 3.63) is 59.9 Å². The van der Waals surface area contributed by atoms with Gasteiger partial charge >= 0.3 is 0 Å². The highest BCUT2D eigenvalue weighted by Crippen LogP contribution is 2.22. The first kappa shape index (κ1) is 22.3. The first-order valence-electron chi connectivity index (χ1n) is 9.63. The largest absolute Gasteiger partial charge is 0.366 e. The Labute approximate surface area is 191 Å². The van der Waals surface area contributed by atoms with E-state index in [4.69, 9.17) is 0 Å². The normalized spacial score (nSPS) is 14.7. The zero-order valence-corrected chi connectivity index (χ0v) is 19.3. The number of aryl methyl sites for hydroxylation is 1. The third kappa shape index (κ3) is 4.50. The highest BCUT2D eigenvalue weighted by atomic mass is 127. The molecular formula is C21H25F2IN6. The number of aliphatic imine (C=N–C) groups is 1. The molecule has 1 aliphatic heterocycles. The number of aromatic nitrogens is 2. The maximum absolute atomic E-state index is 14.0. The molecule has 160 valence electrons. The topological polar surface area (TPSA) is 48.7 Å². The number of imidazole rings is 1. The summed E-state index contributed by atoms with van der Waals surface area (Å²) in [5.74, 6) is 0.872. The molecule has 0 saturated carbocycles. The van der Waals surface area contributed by atoms with Crippen LogP contribution < -0.4 is 10.2 Å². The molecule has 6 nitrogen and oxygen atoms in total. The number of nitrogens with one attached hydrogen (secondary N) is 1. The molecule has 2 heterocycles. The van der Waals surface area contributed by atoms with Gasteiger partial charge in [0.15, 0.2) is 5.96 Å². The van der Waals surface area contributed by atoms with Gasteiger partial charge in [0.25, 0.3) is 0 Å². The van der Waals surface area contributed by atoms with Crippen LogP contribution in [-0.2, 0) is 13.6 Å². The van der Waals surface area contributed by atoms with Crippen LogP contribution in [0, 0.1) is 11.6 Å². The lowest BCUT2D eigenvalue weighted by molar-refractivity contribution is 0.369. The molecule has 0 unspecified atom stereocenters. The number of nitrogens with zero attached hydrogens (tertiary/aromatic N) is 5. The minimum Gasteiger partial charge on any atom is -0.366 e. The van der Waals surface area contributed by atoms with Crippen molar-refractivity contribution in [2.24, 2.45) is 12.0 Å². The Morgan fingerprint density at radius 3 is 2.53 bits per heavy atom. The van der Waals surface area contributed by atoms with Gasteiger partial charge in [-0.1, -0.05) is 12.1 Å². The highest BCUT2D eigenvalue weighted by molar-refractivity contribution is 14.0. The molecular weight excluding hydrogens is 501 g/mol. The molecule has 1 N–H and O–H groups in total. The van der Waals surface area contributed by atoms with Gasteiger partial charge in [0.2, 0.25) is 0 Å². The van der Waals surface area contributed by atoms with Gasteiger partial charge in [0, 0.05) is 46.3 Å². The standard InChI is InChI=1S/C21H24F2N6.HI/c1-24-21(25-14-20-26-17-5-3-4-6-18(17)27(20)2)29-11-9-28(10-12-29)19-13-15(22)7-8-16(19)23;/h3-8,13H,9-12,14H2,1-2H3,(H,24,25);1H. The van der Waals surface area contributed by atoms with Crippen LogP contribution in [0.15, 0.2) is 47.5 Å². The molecule has 1 saturated heterocycles. The van der Waals surface area contributed by atoms with Crippen LogP contribution in [0.5, 0.6) is 0 Å². The smallest absolute Gasteiger partial charge is 0.194 e. The number of para-hydroxylation sites is 2. The Hall–Kier alpha value is -2.43. The molecule has 3 aromatic rings. The first-order chi connectivity index (χ1) is 14.1. The van der Waals surface area contributed by atoms with Gasteiger partial charge in [-0.05, 0) is 24.3 Å². The molecule has 0 amide bonds. The molecule has 0 spiro atoms. The van der Waals surface area contributed by atoms with E-state index in [-0.39, 0.29) is 24.0 Å². The van der Waals surface area contributed by atoms with Gasteiger partial charge in [-0.2, -0.15) is 0 Å². The van der Waals surface area contributed by atoms with E-state index in [1.807, 2.05) is 36.2 Å². The Bertz CT molecular complexity index is 1040. The maximum atomic E-state index is 14.0. The van der Waals surface area contributed by atoms with Gasteiger partial charge in [-0.3, -0.25) is 4.99 Å². The second kappa shape index (κ2) is 9.59. The number of benzene rings is 2. The van der Waals surface area contributed by atoms with Crippen LogP contribution >= 0.6 is 24.0 Å². The lowest BCUT2D eigenvalue weighted by atomic mass is 10.2. The molecule has 1 aliphatic rings. The van der Waals surface area contributed by atoms with Crippen molar-refractivity contribution in [2.45, 2.75) is 6.54 Å². The SMILES string of the molecule is CN=C(NCc1nc2ccccc2n1C)N1CCN(c2cc(F)ccc2F)CC1.I. The Morgan fingerprint density at radius 2 is 1.83 bits per heavy atom. The van der Waals surface area contributed by atoms with Crippen molar-refractivity contribution in [3.8, 4) is 0 Å². The molecule has 9 heteroatoms. The van der Waals surface area contributed by atoms with Gasteiger partial charge in [0.05, 0.1) is 23.3 Å². The number of rotatable bonds is 3. The fraction of sp³-hybridized carbons (Fsp3) is 0.333. The predicted octanol–water partition coefficient (Wildman–Crippen LogP) is 3.37. The van der Waals surface area contributed by atoms with Crippen molar-refractivity contribution in [2.75, 3.05) is 38.1 Å². The van der Waals surface area contributed by atoms with Gasteiger partial charge < -0.3 is 19.7 Å². The second-order valence-electron chi connectivity index (χ2n) is 7.05. The van der Waals surface area contributed by atoms with Crippen molar-refractivity contribution >= 4 is 46.7 Å². The summed E-state index contributed by atoms with van der Waals surface area (Å²) in [6.07, 6.45) is 0. The van der Waals surface area contributed by atoms with Crippen molar-refractivity contribution < 1.29 is 8.78 Å². The number of hydrogen-bond acceptors (Lipinski definition) is 3. The number of fused-ring (bicyclic) bond motifs is 1. The summed E-state index contributed by atoms with van der Waals surface area (Å²) in [6, 6.07) is 11.6. The van der Waals surface area contributed by atoms with E-state index in [2.05, 4.69) is 24.8 Å². The first-order valence-corrected chi connectivity index (χ1v) is 9.63. The molecule has 0 radical (unpaired) electrons. The van der Waals surface area contributed by atoms with Crippen molar-refractivity contribution in [1.82, 2.24) is 19.8 Å². The van der Waals surface area contributed by atoms with Crippen LogP contribution in [0.1, 0.15) is 5.82 Å². The molecule has 4 rings (SSSR count). The average molecular weight is 526 g/mol. The van der Waals surface area contributed by atoms with E-state index in [0.29, 0.717) is 38.4 Å². The lowest BCUT2D eigenvalue weighted by Crippen LogP contribution is -2.52. The van der Waals surface area contributed by atoms with Crippen LogP contribution in [-0.4, -0.2) is 53.6 Å². The molecule has 0 bridgehead atoms. The molecule has 1 fully saturated rings. The van der Waals surface area contributed by atoms with Crippen LogP contribution in [0.2, 0.25) is 0 Å².